The van der Waals surface area contributed by atoms with Crippen molar-refractivity contribution in [2.75, 3.05) is 20.2 Å². The molecule has 4 nitrogen and oxygen atoms in total. The number of carbonyl (C=O) groups excluding carboxylic acids is 1. The van der Waals surface area contributed by atoms with Crippen molar-refractivity contribution in [1.82, 2.24) is 4.90 Å². The number of benzene rings is 2. The molecule has 4 heteroatoms. The molecular formula is C19H23NO3. The van der Waals surface area contributed by atoms with E-state index in [1.54, 1.807) is 12.1 Å². The Balaban J connectivity index is 1.72. The van der Waals surface area contributed by atoms with Crippen LogP contribution in [-0.4, -0.2) is 36.2 Å². The first-order chi connectivity index (χ1) is 11.1. The second kappa shape index (κ2) is 6.59. The summed E-state index contributed by atoms with van der Waals surface area (Å²) in [6.45, 7) is 4.03. The van der Waals surface area contributed by atoms with Crippen LogP contribution < -0.4 is 0 Å². The molecule has 0 radical (unpaired) electrons. The van der Waals surface area contributed by atoms with Gasteiger partial charge in [-0.2, -0.15) is 0 Å². The van der Waals surface area contributed by atoms with E-state index in [4.69, 9.17) is 4.74 Å². The van der Waals surface area contributed by atoms with Crippen molar-refractivity contribution >= 4 is 16.7 Å². The number of rotatable bonds is 3. The Labute approximate surface area is 136 Å². The molecule has 2 aromatic rings. The van der Waals surface area contributed by atoms with Crippen LogP contribution in [-0.2, 0) is 9.53 Å². The molecule has 1 unspecified atom stereocenters. The molecule has 0 aliphatic carbocycles. The summed E-state index contributed by atoms with van der Waals surface area (Å²) < 4.78 is 4.85. The summed E-state index contributed by atoms with van der Waals surface area (Å²) in [5, 5.41) is 11.7. The lowest BCUT2D eigenvalue weighted by Gasteiger charge is -2.35. The summed E-state index contributed by atoms with van der Waals surface area (Å²) in [4.78, 5) is 14.0. The van der Waals surface area contributed by atoms with Crippen molar-refractivity contribution < 1.29 is 14.6 Å². The van der Waals surface area contributed by atoms with E-state index in [0.29, 0.717) is 11.8 Å². The number of aromatic hydroxyl groups is 1. The van der Waals surface area contributed by atoms with Crippen LogP contribution in [0.25, 0.3) is 10.8 Å². The van der Waals surface area contributed by atoms with Crippen LogP contribution in [0.4, 0.5) is 0 Å². The van der Waals surface area contributed by atoms with E-state index in [-0.39, 0.29) is 11.9 Å². The number of hydrogen-bond acceptors (Lipinski definition) is 4. The summed E-state index contributed by atoms with van der Waals surface area (Å²) in [6, 6.07) is 12.1. The van der Waals surface area contributed by atoms with Gasteiger partial charge in [-0.1, -0.05) is 18.2 Å². The second-order valence-corrected chi connectivity index (χ2v) is 6.30. The van der Waals surface area contributed by atoms with E-state index in [1.807, 2.05) is 6.07 Å². The van der Waals surface area contributed by atoms with E-state index in [2.05, 4.69) is 30.0 Å². The monoisotopic (exact) mass is 313 g/mol. The summed E-state index contributed by atoms with van der Waals surface area (Å²) in [5.41, 5.74) is 1.26. The molecule has 23 heavy (non-hydrogen) atoms. The molecule has 1 aliphatic heterocycles. The lowest BCUT2D eigenvalue weighted by Crippen LogP contribution is -2.38. The second-order valence-electron chi connectivity index (χ2n) is 6.30. The minimum atomic E-state index is -0.0807. The van der Waals surface area contributed by atoms with Gasteiger partial charge in [0.1, 0.15) is 5.75 Å². The molecule has 3 rings (SSSR count). The Kier molecular flexibility index (Phi) is 4.53. The predicted octanol–water partition coefficient (Wildman–Crippen LogP) is 3.49. The van der Waals surface area contributed by atoms with Crippen molar-refractivity contribution in [2.24, 2.45) is 5.92 Å². The van der Waals surface area contributed by atoms with E-state index in [9.17, 15) is 9.90 Å². The van der Waals surface area contributed by atoms with Gasteiger partial charge >= 0.3 is 5.97 Å². The molecular weight excluding hydrogens is 290 g/mol. The summed E-state index contributed by atoms with van der Waals surface area (Å²) in [7, 11) is 1.46. The third-order valence-corrected chi connectivity index (χ3v) is 4.94. The van der Waals surface area contributed by atoms with Crippen molar-refractivity contribution in [1.29, 1.82) is 0 Å². The Bertz CT molecular complexity index is 705. The number of nitrogens with zero attached hydrogens (tertiary/aromatic N) is 1. The van der Waals surface area contributed by atoms with Gasteiger partial charge in [0.05, 0.1) is 13.0 Å². The molecule has 122 valence electrons. The van der Waals surface area contributed by atoms with Gasteiger partial charge in [0.25, 0.3) is 0 Å². The highest BCUT2D eigenvalue weighted by Gasteiger charge is 2.28. The van der Waals surface area contributed by atoms with Crippen LogP contribution >= 0.6 is 0 Å². The maximum absolute atomic E-state index is 11.6. The number of likely N-dealkylation sites (tertiary alicyclic amines) is 1. The van der Waals surface area contributed by atoms with Crippen LogP contribution in [0.3, 0.4) is 0 Å². The molecule has 1 atom stereocenters. The van der Waals surface area contributed by atoms with E-state index >= 15 is 0 Å². The van der Waals surface area contributed by atoms with Gasteiger partial charge < -0.3 is 9.84 Å². The van der Waals surface area contributed by atoms with Crippen LogP contribution in [0, 0.1) is 5.92 Å². The maximum Gasteiger partial charge on any atom is 0.308 e. The number of ether oxygens (including phenoxy) is 1. The van der Waals surface area contributed by atoms with Crippen LogP contribution in [0.1, 0.15) is 31.4 Å². The molecule has 0 bridgehead atoms. The molecule has 1 saturated heterocycles. The minimum Gasteiger partial charge on any atom is -0.508 e. The van der Waals surface area contributed by atoms with Crippen LogP contribution in [0.15, 0.2) is 36.4 Å². The maximum atomic E-state index is 11.6. The van der Waals surface area contributed by atoms with Gasteiger partial charge in [0.2, 0.25) is 0 Å². The number of phenols is 1. The first-order valence-corrected chi connectivity index (χ1v) is 8.13. The quantitative estimate of drug-likeness (QED) is 0.881. The van der Waals surface area contributed by atoms with E-state index < -0.39 is 0 Å². The van der Waals surface area contributed by atoms with E-state index in [0.717, 1.165) is 36.7 Å². The highest BCUT2D eigenvalue weighted by molar-refractivity contribution is 5.84. The Hall–Kier alpha value is -2.07. The fraction of sp³-hybridized carbons (Fsp3) is 0.421. The Morgan fingerprint density at radius 1 is 1.17 bits per heavy atom. The number of carbonyl (C=O) groups is 1. The molecule has 1 N–H and O–H groups in total. The van der Waals surface area contributed by atoms with Crippen molar-refractivity contribution in [3.05, 3.63) is 42.0 Å². The molecule has 0 saturated carbocycles. The molecule has 2 aromatic carbocycles. The topological polar surface area (TPSA) is 49.8 Å². The number of hydrogen-bond donors (Lipinski definition) is 1. The highest BCUT2D eigenvalue weighted by atomic mass is 16.5. The highest BCUT2D eigenvalue weighted by Crippen LogP contribution is 2.29. The molecule has 0 aromatic heterocycles. The molecule has 1 fully saturated rings. The van der Waals surface area contributed by atoms with Crippen molar-refractivity contribution in [2.45, 2.75) is 25.8 Å². The fourth-order valence-electron chi connectivity index (χ4n) is 3.41. The number of piperidine rings is 1. The van der Waals surface area contributed by atoms with Gasteiger partial charge in [0.15, 0.2) is 0 Å². The Morgan fingerprint density at radius 2 is 1.83 bits per heavy atom. The average Bonchev–Trinajstić information content (AvgIpc) is 2.60. The predicted molar refractivity (Wildman–Crippen MR) is 90.3 cm³/mol. The largest absolute Gasteiger partial charge is 0.508 e. The zero-order chi connectivity index (χ0) is 16.4. The van der Waals surface area contributed by atoms with Gasteiger partial charge in [-0.05, 0) is 67.4 Å². The minimum absolute atomic E-state index is 0.0445. The third kappa shape index (κ3) is 3.32. The zero-order valence-corrected chi connectivity index (χ0v) is 13.7. The summed E-state index contributed by atoms with van der Waals surface area (Å²) in [6.07, 6.45) is 1.72. The smallest absolute Gasteiger partial charge is 0.308 e. The molecule has 0 amide bonds. The van der Waals surface area contributed by atoms with Crippen LogP contribution in [0.5, 0.6) is 5.75 Å². The van der Waals surface area contributed by atoms with Crippen LogP contribution in [0.2, 0.25) is 0 Å². The van der Waals surface area contributed by atoms with Crippen molar-refractivity contribution in [3.8, 4) is 5.75 Å². The SMILES string of the molecule is COC(=O)C1CCN(C(C)c2ccc3cc(O)ccc3c2)CC1. The third-order valence-electron chi connectivity index (χ3n) is 4.94. The fourth-order valence-corrected chi connectivity index (χ4v) is 3.41. The average molecular weight is 313 g/mol. The summed E-state index contributed by atoms with van der Waals surface area (Å²) >= 11 is 0. The number of fused-ring (bicyclic) bond motifs is 1. The zero-order valence-electron chi connectivity index (χ0n) is 13.7. The summed E-state index contributed by atoms with van der Waals surface area (Å²) in [5.74, 6) is 0.258. The lowest BCUT2D eigenvalue weighted by molar-refractivity contribution is -0.147. The lowest BCUT2D eigenvalue weighted by atomic mass is 9.94. The number of methoxy groups -OCH3 is 1. The van der Waals surface area contributed by atoms with Gasteiger partial charge in [-0.3, -0.25) is 9.69 Å². The van der Waals surface area contributed by atoms with Gasteiger partial charge in [-0.15, -0.1) is 0 Å². The first kappa shape index (κ1) is 15.8. The molecule has 0 spiro atoms. The molecule has 1 aliphatic rings. The first-order valence-electron chi connectivity index (χ1n) is 8.13. The van der Waals surface area contributed by atoms with Gasteiger partial charge in [-0.25, -0.2) is 0 Å². The standard InChI is InChI=1S/C19H23NO3/c1-13(20-9-7-14(8-10-20)19(22)23-2)15-3-4-17-12-18(21)6-5-16(17)11-15/h3-6,11-14,21H,7-10H2,1-2H3. The number of esters is 1. The van der Waals surface area contributed by atoms with E-state index in [1.165, 1.54) is 12.7 Å². The Morgan fingerprint density at radius 3 is 2.52 bits per heavy atom. The number of phenolic OH excluding ortho intramolecular Hbond substituents is 1. The van der Waals surface area contributed by atoms with Gasteiger partial charge in [0, 0.05) is 6.04 Å². The molecule has 1 heterocycles. The normalized spacial score (nSPS) is 18.0. The van der Waals surface area contributed by atoms with Crippen molar-refractivity contribution in [3.63, 3.8) is 0 Å².